The van der Waals surface area contributed by atoms with Gasteiger partial charge in [0, 0.05) is 19.6 Å². The van der Waals surface area contributed by atoms with Crippen molar-refractivity contribution in [2.45, 2.75) is 61.9 Å². The van der Waals surface area contributed by atoms with Crippen LogP contribution in [0, 0.1) is 5.92 Å². The van der Waals surface area contributed by atoms with E-state index in [0.29, 0.717) is 30.3 Å². The van der Waals surface area contributed by atoms with E-state index < -0.39 is 27.2 Å². The fourth-order valence-corrected chi connectivity index (χ4v) is 6.40. The Balaban J connectivity index is 1.96. The monoisotopic (exact) mass is 467 g/mol. The highest BCUT2D eigenvalue weighted by molar-refractivity contribution is 8.00. The molecule has 11 heteroatoms. The van der Waals surface area contributed by atoms with Crippen molar-refractivity contribution < 1.29 is 18.0 Å². The van der Waals surface area contributed by atoms with Crippen molar-refractivity contribution in [3.8, 4) is 0 Å². The largest absolute Gasteiger partial charge is 0.351 e. The van der Waals surface area contributed by atoms with Crippen LogP contribution < -0.4 is 11.1 Å². The molecule has 0 spiro atoms. The number of aryl methyl sites for hydroxylation is 1. The summed E-state index contributed by atoms with van der Waals surface area (Å²) in [5, 5.41) is 2.15. The Bertz CT molecular complexity index is 1070. The lowest BCUT2D eigenvalue weighted by Gasteiger charge is -2.25. The number of amides is 3. The summed E-state index contributed by atoms with van der Waals surface area (Å²) in [7, 11) is -3.57. The number of piperidine rings is 1. The number of hydrogen-bond donors (Lipinski definition) is 2. The molecule has 2 aromatic rings. The van der Waals surface area contributed by atoms with Gasteiger partial charge in [0.25, 0.3) is 0 Å². The lowest BCUT2D eigenvalue weighted by molar-refractivity contribution is -0.120. The van der Waals surface area contributed by atoms with Crippen LogP contribution in [0.25, 0.3) is 11.0 Å². The highest BCUT2D eigenvalue weighted by Gasteiger charge is 2.29. The standard InChI is InChI=1S/C20H29N5O4S2/c1-4-25-16-9-8-14(31(28,29)24-10-6-5-7-11-24)12-15(16)22-20(25)30-17(13(2)3)18(26)23-19(21)27/h8-9,12-13,17H,4-7,10-11H2,1-3H3,(H3,21,23,26,27)/t17-/m0/s1. The van der Waals surface area contributed by atoms with Crippen molar-refractivity contribution in [1.82, 2.24) is 19.2 Å². The number of urea groups is 1. The zero-order valence-corrected chi connectivity index (χ0v) is 19.6. The van der Waals surface area contributed by atoms with E-state index in [9.17, 15) is 18.0 Å². The van der Waals surface area contributed by atoms with Crippen LogP contribution in [-0.2, 0) is 21.4 Å². The maximum absolute atomic E-state index is 13.0. The maximum atomic E-state index is 13.0. The van der Waals surface area contributed by atoms with Gasteiger partial charge in [-0.2, -0.15) is 4.31 Å². The minimum Gasteiger partial charge on any atom is -0.351 e. The zero-order valence-electron chi connectivity index (χ0n) is 18.0. The number of primary amides is 1. The number of benzene rings is 1. The quantitative estimate of drug-likeness (QED) is 0.603. The third-order valence-corrected chi connectivity index (χ3v) is 8.73. The molecule has 3 rings (SSSR count). The number of nitrogens with one attached hydrogen (secondary N) is 1. The SMILES string of the molecule is CCn1c(S[C@H](C(=O)NC(N)=O)C(C)C)nc2cc(S(=O)(=O)N3CCCCC3)ccc21. The summed E-state index contributed by atoms with van der Waals surface area (Å²) in [6.45, 7) is 7.38. The Labute approximate surface area is 186 Å². The Kier molecular flexibility index (Phi) is 7.28. The number of imide groups is 1. The predicted octanol–water partition coefficient (Wildman–Crippen LogP) is 2.54. The Morgan fingerprint density at radius 2 is 1.90 bits per heavy atom. The van der Waals surface area contributed by atoms with Crippen LogP contribution in [0.2, 0.25) is 0 Å². The smallest absolute Gasteiger partial charge is 0.318 e. The molecule has 0 unspecified atom stereocenters. The summed E-state index contributed by atoms with van der Waals surface area (Å²) in [5.41, 5.74) is 6.45. The van der Waals surface area contributed by atoms with E-state index in [4.69, 9.17) is 5.73 Å². The van der Waals surface area contributed by atoms with Crippen LogP contribution in [0.5, 0.6) is 0 Å². The van der Waals surface area contributed by atoms with Crippen LogP contribution in [-0.4, -0.2) is 52.6 Å². The Morgan fingerprint density at radius 1 is 1.23 bits per heavy atom. The Morgan fingerprint density at radius 3 is 2.48 bits per heavy atom. The van der Waals surface area contributed by atoms with Gasteiger partial charge in [0.1, 0.15) is 0 Å². The molecule has 1 aliphatic rings. The summed E-state index contributed by atoms with van der Waals surface area (Å²) < 4.78 is 29.6. The first-order valence-corrected chi connectivity index (χ1v) is 12.7. The molecule has 1 saturated heterocycles. The molecular formula is C20H29N5O4S2. The molecule has 1 atom stereocenters. The van der Waals surface area contributed by atoms with Crippen molar-refractivity contribution in [3.63, 3.8) is 0 Å². The summed E-state index contributed by atoms with van der Waals surface area (Å²) in [6.07, 6.45) is 2.79. The van der Waals surface area contributed by atoms with Crippen molar-refractivity contribution in [3.05, 3.63) is 18.2 Å². The molecule has 0 bridgehead atoms. The van der Waals surface area contributed by atoms with Crippen LogP contribution in [0.1, 0.15) is 40.0 Å². The third kappa shape index (κ3) is 5.04. The molecule has 0 radical (unpaired) electrons. The third-order valence-electron chi connectivity index (χ3n) is 5.30. The number of carbonyl (C=O) groups excluding carboxylic acids is 2. The second-order valence-electron chi connectivity index (χ2n) is 7.89. The number of thioether (sulfide) groups is 1. The van der Waals surface area contributed by atoms with Crippen LogP contribution in [0.4, 0.5) is 4.79 Å². The fraction of sp³-hybridized carbons (Fsp3) is 0.550. The van der Waals surface area contributed by atoms with E-state index >= 15 is 0 Å². The number of fused-ring (bicyclic) bond motifs is 1. The summed E-state index contributed by atoms with van der Waals surface area (Å²) >= 11 is 1.24. The van der Waals surface area contributed by atoms with Gasteiger partial charge in [0.2, 0.25) is 15.9 Å². The number of nitrogens with two attached hydrogens (primary N) is 1. The molecule has 1 aromatic heterocycles. The molecule has 31 heavy (non-hydrogen) atoms. The fourth-order valence-electron chi connectivity index (χ4n) is 3.70. The number of imidazole rings is 1. The van der Waals surface area contributed by atoms with Crippen LogP contribution in [0.3, 0.4) is 0 Å². The first-order valence-electron chi connectivity index (χ1n) is 10.4. The molecule has 1 fully saturated rings. The number of hydrogen-bond acceptors (Lipinski definition) is 6. The molecule has 3 N–H and O–H groups in total. The van der Waals surface area contributed by atoms with Crippen molar-refractivity contribution in [1.29, 1.82) is 0 Å². The highest BCUT2D eigenvalue weighted by Crippen LogP contribution is 2.32. The lowest BCUT2D eigenvalue weighted by atomic mass is 10.1. The van der Waals surface area contributed by atoms with Gasteiger partial charge >= 0.3 is 6.03 Å². The van der Waals surface area contributed by atoms with Crippen LogP contribution >= 0.6 is 11.8 Å². The molecule has 0 saturated carbocycles. The minimum atomic E-state index is -3.57. The molecule has 0 aliphatic carbocycles. The molecule has 9 nitrogen and oxygen atoms in total. The van der Waals surface area contributed by atoms with Gasteiger partial charge in [-0.15, -0.1) is 0 Å². The highest BCUT2D eigenvalue weighted by atomic mass is 32.2. The molecule has 3 amide bonds. The van der Waals surface area contributed by atoms with E-state index in [2.05, 4.69) is 10.3 Å². The molecule has 170 valence electrons. The minimum absolute atomic E-state index is 0.0792. The second kappa shape index (κ2) is 9.58. The van der Waals surface area contributed by atoms with Gasteiger partial charge in [-0.25, -0.2) is 18.2 Å². The number of aromatic nitrogens is 2. The summed E-state index contributed by atoms with van der Waals surface area (Å²) in [5.74, 6) is -0.555. The van der Waals surface area contributed by atoms with E-state index in [1.165, 1.54) is 16.1 Å². The van der Waals surface area contributed by atoms with Gasteiger partial charge in [-0.3, -0.25) is 10.1 Å². The number of nitrogens with zero attached hydrogens (tertiary/aromatic N) is 3. The topological polar surface area (TPSA) is 127 Å². The molecular weight excluding hydrogens is 438 g/mol. The summed E-state index contributed by atoms with van der Waals surface area (Å²) in [4.78, 5) is 28.4. The zero-order chi connectivity index (χ0) is 22.8. The first kappa shape index (κ1) is 23.6. The molecule has 1 aliphatic heterocycles. The van der Waals surface area contributed by atoms with E-state index in [1.807, 2.05) is 25.3 Å². The maximum Gasteiger partial charge on any atom is 0.318 e. The predicted molar refractivity (Wildman–Crippen MR) is 120 cm³/mol. The molecule has 2 heterocycles. The average Bonchev–Trinajstić information content (AvgIpc) is 3.08. The first-order chi connectivity index (χ1) is 14.6. The summed E-state index contributed by atoms with van der Waals surface area (Å²) in [6, 6.07) is 4.09. The average molecular weight is 468 g/mol. The Hall–Kier alpha value is -2.11. The van der Waals surface area contributed by atoms with Crippen molar-refractivity contribution in [2.24, 2.45) is 11.7 Å². The van der Waals surface area contributed by atoms with Crippen molar-refractivity contribution in [2.75, 3.05) is 13.1 Å². The van der Waals surface area contributed by atoms with E-state index in [-0.39, 0.29) is 10.8 Å². The lowest BCUT2D eigenvalue weighted by Crippen LogP contribution is -2.42. The second-order valence-corrected chi connectivity index (χ2v) is 10.9. The van der Waals surface area contributed by atoms with Gasteiger partial charge in [0.15, 0.2) is 5.16 Å². The van der Waals surface area contributed by atoms with Crippen molar-refractivity contribution >= 4 is 44.8 Å². The van der Waals surface area contributed by atoms with E-state index in [1.54, 1.807) is 18.2 Å². The molecule has 1 aromatic carbocycles. The van der Waals surface area contributed by atoms with Crippen LogP contribution in [0.15, 0.2) is 28.3 Å². The van der Waals surface area contributed by atoms with E-state index in [0.717, 1.165) is 24.8 Å². The van der Waals surface area contributed by atoms with Gasteiger partial charge < -0.3 is 10.3 Å². The number of sulfonamides is 1. The number of rotatable bonds is 7. The normalized spacial score (nSPS) is 16.5. The number of carbonyl (C=O) groups is 2. The van der Waals surface area contributed by atoms with Gasteiger partial charge in [0.05, 0.1) is 21.2 Å². The van der Waals surface area contributed by atoms with Gasteiger partial charge in [-0.05, 0) is 43.9 Å². The van der Waals surface area contributed by atoms with Gasteiger partial charge in [-0.1, -0.05) is 32.0 Å².